The second-order valence-electron chi connectivity index (χ2n) is 9.85. The van der Waals surface area contributed by atoms with Crippen molar-refractivity contribution in [2.75, 3.05) is 37.6 Å². The number of rotatable bonds is 3. The number of amides is 3. The van der Waals surface area contributed by atoms with E-state index in [1.165, 1.54) is 11.1 Å². The zero-order chi connectivity index (χ0) is 25.9. The summed E-state index contributed by atoms with van der Waals surface area (Å²) in [7, 11) is 0. The molecule has 0 aliphatic carbocycles. The molecule has 1 N–H and O–H groups in total. The summed E-state index contributed by atoms with van der Waals surface area (Å²) >= 11 is 3.59. The monoisotopic (exact) mass is 572 g/mol. The molecule has 0 bridgehead atoms. The highest BCUT2D eigenvalue weighted by molar-refractivity contribution is 9.10. The Hall–Kier alpha value is -3.41. The summed E-state index contributed by atoms with van der Waals surface area (Å²) in [6.45, 7) is -0.259. The number of alkyl halides is 2. The van der Waals surface area contributed by atoms with Gasteiger partial charge in [0.1, 0.15) is 6.54 Å². The molecule has 3 aliphatic rings. The van der Waals surface area contributed by atoms with Gasteiger partial charge in [0.15, 0.2) is 5.65 Å². The molecule has 3 amide bonds. The number of aromatic nitrogens is 3. The minimum absolute atomic E-state index is 0.0269. The maximum absolute atomic E-state index is 13.9. The van der Waals surface area contributed by atoms with E-state index >= 15 is 0 Å². The molecule has 37 heavy (non-hydrogen) atoms. The molecule has 2 aromatic heterocycles. The van der Waals surface area contributed by atoms with Crippen molar-refractivity contribution in [3.05, 3.63) is 52.3 Å². The zero-order valence-electron chi connectivity index (χ0n) is 19.7. The number of carbonyl (C=O) groups excluding carboxylic acids is 3. The van der Waals surface area contributed by atoms with E-state index in [9.17, 15) is 23.2 Å². The van der Waals surface area contributed by atoms with Gasteiger partial charge in [0.25, 0.3) is 11.8 Å². The van der Waals surface area contributed by atoms with Crippen molar-refractivity contribution in [3.8, 4) is 0 Å². The number of hydrogen-bond acceptors (Lipinski definition) is 5. The van der Waals surface area contributed by atoms with Gasteiger partial charge in [-0.25, -0.2) is 13.8 Å². The second kappa shape index (κ2) is 8.57. The van der Waals surface area contributed by atoms with Crippen LogP contribution in [0.1, 0.15) is 35.2 Å². The Morgan fingerprint density at radius 1 is 1.08 bits per heavy atom. The first kappa shape index (κ1) is 24.0. The van der Waals surface area contributed by atoms with Crippen LogP contribution in [0, 0.1) is 0 Å². The van der Waals surface area contributed by atoms with Crippen molar-refractivity contribution < 1.29 is 23.2 Å². The number of nitrogens with one attached hydrogen (secondary N) is 1. The smallest absolute Gasteiger partial charge is 0.267 e. The highest BCUT2D eigenvalue weighted by atomic mass is 79.9. The molecule has 2 saturated heterocycles. The molecule has 1 spiro atoms. The van der Waals surface area contributed by atoms with Crippen molar-refractivity contribution in [1.29, 1.82) is 0 Å². The van der Waals surface area contributed by atoms with Gasteiger partial charge in [-0.3, -0.25) is 19.5 Å². The van der Waals surface area contributed by atoms with Crippen LogP contribution in [0.2, 0.25) is 0 Å². The van der Waals surface area contributed by atoms with E-state index in [2.05, 4.69) is 31.1 Å². The lowest BCUT2D eigenvalue weighted by atomic mass is 9.73. The van der Waals surface area contributed by atoms with Crippen LogP contribution in [-0.2, 0) is 15.0 Å². The molecule has 0 saturated carbocycles. The van der Waals surface area contributed by atoms with Crippen molar-refractivity contribution in [2.24, 2.45) is 0 Å². The number of halogens is 3. The first-order valence-corrected chi connectivity index (χ1v) is 12.8. The fraction of sp³-hybridized carbons (Fsp3) is 0.400. The molecule has 0 unspecified atom stereocenters. The van der Waals surface area contributed by atoms with E-state index < -0.39 is 23.8 Å². The Kier molecular flexibility index (Phi) is 5.55. The Labute approximate surface area is 218 Å². The zero-order valence-corrected chi connectivity index (χ0v) is 21.3. The predicted molar refractivity (Wildman–Crippen MR) is 133 cm³/mol. The fourth-order valence-electron chi connectivity index (χ4n) is 5.72. The van der Waals surface area contributed by atoms with Gasteiger partial charge >= 0.3 is 0 Å². The summed E-state index contributed by atoms with van der Waals surface area (Å²) in [5.41, 5.74) is 1.52. The number of benzene rings is 1. The number of likely N-dealkylation sites (tertiary alicyclic amines) is 2. The topological polar surface area (TPSA) is 102 Å². The quantitative estimate of drug-likeness (QED) is 0.519. The number of hydrogen-bond donors (Lipinski definition) is 1. The molecule has 192 valence electrons. The van der Waals surface area contributed by atoms with Gasteiger partial charge in [-0.15, -0.1) is 0 Å². The predicted octanol–water partition coefficient (Wildman–Crippen LogP) is 3.11. The third-order valence-corrected chi connectivity index (χ3v) is 8.33. The summed E-state index contributed by atoms with van der Waals surface area (Å²) in [6.07, 6.45) is 3.50. The summed E-state index contributed by atoms with van der Waals surface area (Å²) < 4.78 is 28.1. The molecular formula is C25H23BrF2N6O3. The number of nitrogens with zero attached hydrogens (tertiary/aromatic N) is 5. The first-order chi connectivity index (χ1) is 17.7. The van der Waals surface area contributed by atoms with Crippen LogP contribution in [0.4, 0.5) is 14.5 Å². The Morgan fingerprint density at radius 3 is 2.57 bits per heavy atom. The van der Waals surface area contributed by atoms with Crippen LogP contribution in [0.15, 0.2) is 41.1 Å². The molecular weight excluding hydrogens is 550 g/mol. The molecule has 2 fully saturated rings. The molecule has 9 nitrogen and oxygen atoms in total. The van der Waals surface area contributed by atoms with Gasteiger partial charge in [0.05, 0.1) is 23.7 Å². The van der Waals surface area contributed by atoms with Crippen LogP contribution >= 0.6 is 15.9 Å². The lowest BCUT2D eigenvalue weighted by Crippen LogP contribution is -2.51. The molecule has 5 heterocycles. The molecule has 12 heteroatoms. The number of piperidine rings is 1. The average Bonchev–Trinajstić information content (AvgIpc) is 3.56. The van der Waals surface area contributed by atoms with Gasteiger partial charge in [0, 0.05) is 53.4 Å². The maximum atomic E-state index is 13.9. The van der Waals surface area contributed by atoms with Crippen molar-refractivity contribution in [2.45, 2.75) is 30.6 Å². The van der Waals surface area contributed by atoms with Crippen LogP contribution < -0.4 is 4.90 Å². The molecule has 0 atom stereocenters. The van der Waals surface area contributed by atoms with Crippen LogP contribution in [0.3, 0.4) is 0 Å². The van der Waals surface area contributed by atoms with Gasteiger partial charge < -0.3 is 14.7 Å². The van der Waals surface area contributed by atoms with E-state index in [1.54, 1.807) is 29.3 Å². The third kappa shape index (κ3) is 3.89. The van der Waals surface area contributed by atoms with E-state index in [-0.39, 0.29) is 31.3 Å². The number of carbonyl (C=O) groups is 3. The lowest BCUT2D eigenvalue weighted by molar-refractivity contribution is -0.132. The van der Waals surface area contributed by atoms with Crippen LogP contribution in [-0.4, -0.2) is 81.3 Å². The van der Waals surface area contributed by atoms with Crippen LogP contribution in [0.5, 0.6) is 0 Å². The normalized spacial score (nSPS) is 20.2. The number of aromatic amines is 1. The minimum atomic E-state index is -2.90. The molecule has 6 rings (SSSR count). The standard InChI is InChI=1S/C25H23BrF2N6O3/c26-17-2-1-3-18-20(17)24(23(37)34(18)13-19(35)33-9-6-25(27,28)14-33)4-7-32(8-5-24)22(36)16-10-15-12-30-31-21(15)29-11-16/h1-3,10-12H,4-9,13-14H2,(H,29,30,31). The lowest BCUT2D eigenvalue weighted by Gasteiger charge is -2.39. The van der Waals surface area contributed by atoms with E-state index in [4.69, 9.17) is 0 Å². The third-order valence-electron chi connectivity index (χ3n) is 7.67. The summed E-state index contributed by atoms with van der Waals surface area (Å²) in [5, 5.41) is 7.43. The highest BCUT2D eigenvalue weighted by Crippen LogP contribution is 2.51. The van der Waals surface area contributed by atoms with Crippen LogP contribution in [0.25, 0.3) is 11.0 Å². The van der Waals surface area contributed by atoms with Gasteiger partial charge in [-0.1, -0.05) is 22.0 Å². The molecule has 3 aromatic rings. The maximum Gasteiger partial charge on any atom is 0.267 e. The van der Waals surface area contributed by atoms with E-state index in [0.29, 0.717) is 42.8 Å². The molecule has 0 radical (unpaired) electrons. The van der Waals surface area contributed by atoms with Crippen molar-refractivity contribution >= 4 is 50.4 Å². The highest BCUT2D eigenvalue weighted by Gasteiger charge is 2.54. The van der Waals surface area contributed by atoms with Crippen molar-refractivity contribution in [3.63, 3.8) is 0 Å². The Balaban J connectivity index is 1.23. The van der Waals surface area contributed by atoms with Gasteiger partial charge in [-0.2, -0.15) is 5.10 Å². The minimum Gasteiger partial charge on any atom is -0.339 e. The van der Waals surface area contributed by atoms with E-state index in [0.717, 1.165) is 20.3 Å². The van der Waals surface area contributed by atoms with E-state index in [1.807, 2.05) is 6.07 Å². The Bertz CT molecular complexity index is 1430. The number of H-pyrrole nitrogens is 1. The first-order valence-electron chi connectivity index (χ1n) is 12.0. The molecule has 3 aliphatic heterocycles. The summed E-state index contributed by atoms with van der Waals surface area (Å²) in [4.78, 5) is 48.5. The van der Waals surface area contributed by atoms with Gasteiger partial charge in [0.2, 0.25) is 11.8 Å². The Morgan fingerprint density at radius 2 is 1.84 bits per heavy atom. The van der Waals surface area contributed by atoms with Crippen molar-refractivity contribution in [1.82, 2.24) is 25.0 Å². The summed E-state index contributed by atoms with van der Waals surface area (Å²) in [6, 6.07) is 7.15. The fourth-order valence-corrected chi connectivity index (χ4v) is 6.45. The number of fused-ring (bicyclic) bond motifs is 3. The molecule has 1 aromatic carbocycles. The summed E-state index contributed by atoms with van der Waals surface area (Å²) in [5.74, 6) is -3.81. The SMILES string of the molecule is O=C(CN1C(=O)C2(CCN(C(=O)c3cnc4[nH]ncc4c3)CC2)c2c(Br)cccc21)N1CCC(F)(F)C1. The average molecular weight is 573 g/mol. The largest absolute Gasteiger partial charge is 0.339 e. The van der Waals surface area contributed by atoms with Gasteiger partial charge in [-0.05, 0) is 31.0 Å². The number of pyridine rings is 1. The second-order valence-corrected chi connectivity index (χ2v) is 10.7. The number of anilines is 1.